The van der Waals surface area contributed by atoms with Gasteiger partial charge in [0.1, 0.15) is 12.2 Å². The topological polar surface area (TPSA) is 113 Å². The maximum absolute atomic E-state index is 10.7. The molecule has 0 amide bonds. The highest BCUT2D eigenvalue weighted by Gasteiger charge is 2.28. The van der Waals surface area contributed by atoms with Crippen molar-refractivity contribution in [2.24, 2.45) is 0 Å². The van der Waals surface area contributed by atoms with Crippen LogP contribution >= 0.6 is 0 Å². The summed E-state index contributed by atoms with van der Waals surface area (Å²) >= 11 is 0. The summed E-state index contributed by atoms with van der Waals surface area (Å²) in [5, 5.41) is 38.5. The first kappa shape index (κ1) is 8.82. The smallest absolute Gasteiger partial charge is 0.322 e. The van der Waals surface area contributed by atoms with E-state index in [1.165, 1.54) is 0 Å². The predicted octanol–water partition coefficient (Wildman–Crippen LogP) is -3.80. The van der Waals surface area contributed by atoms with Crippen molar-refractivity contribution in [1.29, 1.82) is 0 Å². The van der Waals surface area contributed by atoms with Crippen molar-refractivity contribution in [3.8, 4) is 0 Å². The molecule has 2 unspecified atom stereocenters. The molecule has 0 aromatic carbocycles. The molecule has 0 aliphatic carbocycles. The van der Waals surface area contributed by atoms with Crippen molar-refractivity contribution >= 4 is 5.97 Å². The Balaban J connectivity index is 2.80. The highest BCUT2D eigenvalue weighted by Crippen LogP contribution is 2.17. The Labute approximate surface area is 67.3 Å². The molecular weight excluding hydrogens is 168 g/mol. The number of esters is 1. The summed E-state index contributed by atoms with van der Waals surface area (Å²) in [6, 6.07) is 0. The number of ether oxygens (including phenoxy) is 1. The summed E-state index contributed by atoms with van der Waals surface area (Å²) in [4.78, 5) is 10.4. The number of aliphatic hydroxyl groups excluding tert-OH is 2. The zero-order valence-electron chi connectivity index (χ0n) is 5.89. The van der Waals surface area contributed by atoms with Crippen LogP contribution in [0.5, 0.6) is 0 Å². The Morgan fingerprint density at radius 1 is 1.58 bits per heavy atom. The van der Waals surface area contributed by atoms with Crippen LogP contribution in [0.2, 0.25) is 0 Å². The van der Waals surface area contributed by atoms with Crippen LogP contribution in [0.3, 0.4) is 0 Å². The van der Waals surface area contributed by atoms with E-state index in [9.17, 15) is 15.0 Å². The molecule has 6 heteroatoms. The number of carbonyl (C=O) groups excluding carboxylic acids is 1. The van der Waals surface area contributed by atoms with Gasteiger partial charge in [-0.15, -0.1) is 0 Å². The average Bonchev–Trinajstić information content (AvgIpc) is 2.32. The third-order valence-electron chi connectivity index (χ3n) is 1.44. The first-order valence-corrected chi connectivity index (χ1v) is 3.16. The molecule has 6 nitrogen and oxygen atoms in total. The van der Waals surface area contributed by atoms with Gasteiger partial charge in [-0.05, 0) is 5.76 Å². The van der Waals surface area contributed by atoms with E-state index in [1.54, 1.807) is 0 Å². The van der Waals surface area contributed by atoms with E-state index in [2.05, 4.69) is 4.74 Å². The van der Waals surface area contributed by atoms with Gasteiger partial charge >= 0.3 is 5.97 Å². The summed E-state index contributed by atoms with van der Waals surface area (Å²) < 4.78 is 4.19. The number of hydrogen-bond donors (Lipinski definition) is 2. The van der Waals surface area contributed by atoms with Crippen LogP contribution in [-0.4, -0.2) is 35.0 Å². The maximum Gasteiger partial charge on any atom is 0.322 e. The molecule has 0 saturated heterocycles. The van der Waals surface area contributed by atoms with Crippen molar-refractivity contribution < 1.29 is 30.0 Å². The SMILES string of the molecule is O=C1OC(C(O)CO)C([O-])=C1[O-]. The normalized spacial score (nSPS) is 25.8. The molecule has 0 aromatic heterocycles. The molecule has 0 fully saturated rings. The van der Waals surface area contributed by atoms with Crippen LogP contribution in [0.4, 0.5) is 0 Å². The van der Waals surface area contributed by atoms with E-state index < -0.39 is 36.3 Å². The molecule has 2 atom stereocenters. The third-order valence-corrected chi connectivity index (χ3v) is 1.44. The Kier molecular flexibility index (Phi) is 2.20. The summed E-state index contributed by atoms with van der Waals surface area (Å²) in [6.07, 6.45) is -3.05. The van der Waals surface area contributed by atoms with Gasteiger partial charge in [-0.2, -0.15) is 0 Å². The lowest BCUT2D eigenvalue weighted by molar-refractivity contribution is -0.356. The van der Waals surface area contributed by atoms with Gasteiger partial charge in [0.05, 0.1) is 6.61 Å². The zero-order valence-corrected chi connectivity index (χ0v) is 5.89. The third kappa shape index (κ3) is 1.21. The van der Waals surface area contributed by atoms with Gasteiger partial charge in [0, 0.05) is 0 Å². The van der Waals surface area contributed by atoms with E-state index in [1.807, 2.05) is 0 Å². The monoisotopic (exact) mass is 174 g/mol. The Morgan fingerprint density at radius 3 is 2.50 bits per heavy atom. The Morgan fingerprint density at radius 2 is 2.17 bits per heavy atom. The van der Waals surface area contributed by atoms with Crippen molar-refractivity contribution in [2.75, 3.05) is 6.61 Å². The lowest BCUT2D eigenvalue weighted by Gasteiger charge is -2.22. The molecule has 0 spiro atoms. The molecular formula is C6H6O6-2. The molecule has 0 radical (unpaired) electrons. The van der Waals surface area contributed by atoms with Gasteiger partial charge in [0.15, 0.2) is 0 Å². The molecule has 2 N–H and O–H groups in total. The minimum Gasteiger partial charge on any atom is -0.873 e. The van der Waals surface area contributed by atoms with E-state index >= 15 is 0 Å². The number of cyclic esters (lactones) is 1. The fourth-order valence-electron chi connectivity index (χ4n) is 0.801. The summed E-state index contributed by atoms with van der Waals surface area (Å²) in [6.45, 7) is -0.739. The Hall–Kier alpha value is -1.27. The van der Waals surface area contributed by atoms with Crippen molar-refractivity contribution in [1.82, 2.24) is 0 Å². The second-order valence-corrected chi connectivity index (χ2v) is 2.27. The second kappa shape index (κ2) is 3.00. The van der Waals surface area contributed by atoms with Crippen LogP contribution in [0, 0.1) is 0 Å². The van der Waals surface area contributed by atoms with Crippen LogP contribution in [0.25, 0.3) is 0 Å². The van der Waals surface area contributed by atoms with Crippen LogP contribution < -0.4 is 10.2 Å². The number of aliphatic hydroxyl groups is 2. The van der Waals surface area contributed by atoms with Gasteiger partial charge in [-0.25, -0.2) is 4.79 Å². The largest absolute Gasteiger partial charge is 0.873 e. The molecule has 0 bridgehead atoms. The highest BCUT2D eigenvalue weighted by atomic mass is 16.6. The average molecular weight is 174 g/mol. The quantitative estimate of drug-likeness (QED) is 0.415. The highest BCUT2D eigenvalue weighted by molar-refractivity contribution is 5.88. The van der Waals surface area contributed by atoms with E-state index in [0.29, 0.717) is 0 Å². The van der Waals surface area contributed by atoms with Crippen molar-refractivity contribution in [3.05, 3.63) is 11.5 Å². The molecule has 0 saturated carbocycles. The lowest BCUT2D eigenvalue weighted by Crippen LogP contribution is -2.35. The molecule has 68 valence electrons. The minimum atomic E-state index is -1.53. The van der Waals surface area contributed by atoms with Gasteiger partial charge in [0.2, 0.25) is 0 Å². The van der Waals surface area contributed by atoms with E-state index in [4.69, 9.17) is 10.2 Å². The number of rotatable bonds is 2. The molecule has 1 rings (SSSR count). The summed E-state index contributed by atoms with van der Waals surface area (Å²) in [5.74, 6) is -3.67. The standard InChI is InChI=1S/C6H8O6/c7-1-2(8)5-3(9)4(10)6(11)12-5/h2,5,7-10H,1H2/p-2. The minimum absolute atomic E-state index is 0.739. The number of carbonyl (C=O) groups is 1. The first-order valence-electron chi connectivity index (χ1n) is 3.16. The van der Waals surface area contributed by atoms with Crippen molar-refractivity contribution in [2.45, 2.75) is 12.2 Å². The van der Waals surface area contributed by atoms with E-state index in [0.717, 1.165) is 0 Å². The van der Waals surface area contributed by atoms with Gasteiger partial charge in [-0.3, -0.25) is 0 Å². The van der Waals surface area contributed by atoms with Gasteiger partial charge in [-0.1, -0.05) is 5.76 Å². The van der Waals surface area contributed by atoms with Crippen LogP contribution in [-0.2, 0) is 9.53 Å². The lowest BCUT2D eigenvalue weighted by atomic mass is 10.2. The fraction of sp³-hybridized carbons (Fsp3) is 0.500. The van der Waals surface area contributed by atoms with E-state index in [-0.39, 0.29) is 0 Å². The van der Waals surface area contributed by atoms with Gasteiger partial charge in [0.25, 0.3) is 0 Å². The van der Waals surface area contributed by atoms with Crippen LogP contribution in [0.15, 0.2) is 11.5 Å². The number of hydrogen-bond acceptors (Lipinski definition) is 6. The molecule has 1 aliphatic rings. The molecule has 0 aromatic rings. The maximum atomic E-state index is 10.7. The van der Waals surface area contributed by atoms with Crippen molar-refractivity contribution in [3.63, 3.8) is 0 Å². The molecule has 12 heavy (non-hydrogen) atoms. The summed E-state index contributed by atoms with van der Waals surface area (Å²) in [5.41, 5.74) is 0. The second-order valence-electron chi connectivity index (χ2n) is 2.27. The van der Waals surface area contributed by atoms with Gasteiger partial charge < -0.3 is 25.2 Å². The fourth-order valence-corrected chi connectivity index (χ4v) is 0.801. The molecule has 1 heterocycles. The zero-order chi connectivity index (χ0) is 9.30. The first-order chi connectivity index (χ1) is 5.57. The molecule has 1 aliphatic heterocycles. The Bertz CT molecular complexity index is 232. The summed E-state index contributed by atoms with van der Waals surface area (Å²) in [7, 11) is 0. The van der Waals surface area contributed by atoms with Crippen LogP contribution in [0.1, 0.15) is 0 Å². The predicted molar refractivity (Wildman–Crippen MR) is 30.0 cm³/mol.